The summed E-state index contributed by atoms with van der Waals surface area (Å²) < 4.78 is 10.9. The molecule has 0 fully saturated rings. The number of benzene rings is 2. The molecule has 4 rings (SSSR count). The molecule has 0 unspecified atom stereocenters. The van der Waals surface area contributed by atoms with E-state index < -0.39 is 0 Å². The fraction of sp³-hybridized carbons (Fsp3) is 0.188. The first-order chi connectivity index (χ1) is 9.22. The summed E-state index contributed by atoms with van der Waals surface area (Å²) in [6.07, 6.45) is 1.90. The molecule has 0 radical (unpaired) electrons. The summed E-state index contributed by atoms with van der Waals surface area (Å²) in [4.78, 5) is 4.58. The van der Waals surface area contributed by atoms with E-state index in [0.717, 1.165) is 22.4 Å². The van der Waals surface area contributed by atoms with Crippen molar-refractivity contribution in [3.05, 3.63) is 41.6 Å². The number of hydrogen-bond acceptors (Lipinski definition) is 3. The molecule has 0 saturated heterocycles. The first-order valence-corrected chi connectivity index (χ1v) is 6.32. The molecule has 0 N–H and O–H groups in total. The van der Waals surface area contributed by atoms with Crippen molar-refractivity contribution in [2.75, 3.05) is 6.79 Å². The van der Waals surface area contributed by atoms with Crippen LogP contribution >= 0.6 is 0 Å². The van der Waals surface area contributed by atoms with Crippen molar-refractivity contribution >= 4 is 21.7 Å². The molecule has 0 spiro atoms. The van der Waals surface area contributed by atoms with E-state index in [9.17, 15) is 0 Å². The highest BCUT2D eigenvalue weighted by Gasteiger charge is 2.16. The van der Waals surface area contributed by atoms with Crippen LogP contribution in [-0.2, 0) is 0 Å². The zero-order valence-corrected chi connectivity index (χ0v) is 10.9. The van der Waals surface area contributed by atoms with Gasteiger partial charge in [0, 0.05) is 17.0 Å². The first-order valence-electron chi connectivity index (χ1n) is 6.32. The van der Waals surface area contributed by atoms with Crippen LogP contribution in [0.1, 0.15) is 11.1 Å². The lowest BCUT2D eigenvalue weighted by Crippen LogP contribution is -1.92. The molecule has 0 atom stereocenters. The summed E-state index contributed by atoms with van der Waals surface area (Å²) in [7, 11) is 0. The number of aryl methyl sites for hydroxylation is 2. The molecule has 0 amide bonds. The van der Waals surface area contributed by atoms with Crippen LogP contribution in [0.25, 0.3) is 21.7 Å². The van der Waals surface area contributed by atoms with E-state index in [4.69, 9.17) is 9.47 Å². The van der Waals surface area contributed by atoms with Crippen molar-refractivity contribution in [3.8, 4) is 11.5 Å². The molecule has 94 valence electrons. The lowest BCUT2D eigenvalue weighted by atomic mass is 10.0. The minimum Gasteiger partial charge on any atom is -0.454 e. The van der Waals surface area contributed by atoms with Crippen LogP contribution in [-0.4, -0.2) is 11.8 Å². The summed E-state index contributed by atoms with van der Waals surface area (Å²) in [6, 6.07) is 8.40. The standard InChI is InChI=1S/C16H13NO2/c1-9-3-10(2)16-13(4-9)12-6-15-14(18-8-19-15)5-11(12)7-17-16/h3-7H,8H2,1-2H3. The van der Waals surface area contributed by atoms with Crippen LogP contribution in [0.15, 0.2) is 30.5 Å². The van der Waals surface area contributed by atoms with E-state index in [-0.39, 0.29) is 0 Å². The average Bonchev–Trinajstić information content (AvgIpc) is 2.83. The molecule has 3 aromatic rings. The van der Waals surface area contributed by atoms with Crippen LogP contribution < -0.4 is 9.47 Å². The Balaban J connectivity index is 2.18. The van der Waals surface area contributed by atoms with Crippen molar-refractivity contribution in [2.45, 2.75) is 13.8 Å². The molecule has 2 heterocycles. The van der Waals surface area contributed by atoms with Gasteiger partial charge >= 0.3 is 0 Å². The predicted molar refractivity (Wildman–Crippen MR) is 74.8 cm³/mol. The van der Waals surface area contributed by atoms with E-state index in [1.165, 1.54) is 21.9 Å². The number of pyridine rings is 1. The highest BCUT2D eigenvalue weighted by Crippen LogP contribution is 2.38. The van der Waals surface area contributed by atoms with Gasteiger partial charge in [-0.3, -0.25) is 4.98 Å². The zero-order chi connectivity index (χ0) is 13.0. The summed E-state index contributed by atoms with van der Waals surface area (Å²) in [5.74, 6) is 1.62. The van der Waals surface area contributed by atoms with Gasteiger partial charge in [-0.15, -0.1) is 0 Å². The molecular formula is C16H13NO2. The quantitative estimate of drug-likeness (QED) is 0.570. The third kappa shape index (κ3) is 1.48. The largest absolute Gasteiger partial charge is 0.454 e. The van der Waals surface area contributed by atoms with E-state index in [1.54, 1.807) is 0 Å². The normalized spacial score (nSPS) is 13.4. The number of aromatic nitrogens is 1. The third-order valence-electron chi connectivity index (χ3n) is 3.61. The fourth-order valence-corrected chi connectivity index (χ4v) is 2.77. The van der Waals surface area contributed by atoms with Crippen LogP contribution in [0, 0.1) is 13.8 Å². The van der Waals surface area contributed by atoms with Gasteiger partial charge in [0.2, 0.25) is 6.79 Å². The van der Waals surface area contributed by atoms with E-state index in [2.05, 4.69) is 37.0 Å². The maximum Gasteiger partial charge on any atom is 0.231 e. The third-order valence-corrected chi connectivity index (χ3v) is 3.61. The van der Waals surface area contributed by atoms with Gasteiger partial charge in [-0.2, -0.15) is 0 Å². The Morgan fingerprint density at radius 1 is 0.947 bits per heavy atom. The Morgan fingerprint density at radius 3 is 2.58 bits per heavy atom. The molecule has 2 aromatic carbocycles. The van der Waals surface area contributed by atoms with Gasteiger partial charge in [-0.1, -0.05) is 11.6 Å². The summed E-state index contributed by atoms with van der Waals surface area (Å²) in [6.45, 7) is 4.51. The summed E-state index contributed by atoms with van der Waals surface area (Å²) in [5, 5.41) is 3.43. The van der Waals surface area contributed by atoms with Crippen molar-refractivity contribution in [2.24, 2.45) is 0 Å². The minimum atomic E-state index is 0.301. The van der Waals surface area contributed by atoms with E-state index >= 15 is 0 Å². The molecule has 1 aliphatic rings. The Hall–Kier alpha value is -2.29. The summed E-state index contributed by atoms with van der Waals surface area (Å²) in [5.41, 5.74) is 3.50. The molecule has 1 aliphatic heterocycles. The SMILES string of the molecule is Cc1cc(C)c2ncc3cc4c(cc3c2c1)OCO4. The number of rotatable bonds is 0. The number of nitrogens with zero attached hydrogens (tertiary/aromatic N) is 1. The zero-order valence-electron chi connectivity index (χ0n) is 10.9. The molecule has 19 heavy (non-hydrogen) atoms. The minimum absolute atomic E-state index is 0.301. The maximum absolute atomic E-state index is 5.47. The second-order valence-electron chi connectivity index (χ2n) is 5.03. The molecule has 0 saturated carbocycles. The second kappa shape index (κ2) is 3.60. The maximum atomic E-state index is 5.47. The van der Waals surface area contributed by atoms with Crippen LogP contribution in [0.2, 0.25) is 0 Å². The van der Waals surface area contributed by atoms with Gasteiger partial charge in [-0.05, 0) is 43.0 Å². The van der Waals surface area contributed by atoms with Crippen molar-refractivity contribution in [1.29, 1.82) is 0 Å². The van der Waals surface area contributed by atoms with Crippen molar-refractivity contribution in [1.82, 2.24) is 4.98 Å². The lowest BCUT2D eigenvalue weighted by Gasteiger charge is -2.08. The molecule has 3 heteroatoms. The summed E-state index contributed by atoms with van der Waals surface area (Å²) >= 11 is 0. The van der Waals surface area contributed by atoms with Crippen molar-refractivity contribution < 1.29 is 9.47 Å². The Morgan fingerprint density at radius 2 is 1.74 bits per heavy atom. The van der Waals surface area contributed by atoms with Crippen LogP contribution in [0.4, 0.5) is 0 Å². The number of hydrogen-bond donors (Lipinski definition) is 0. The van der Waals surface area contributed by atoms with Crippen LogP contribution in [0.3, 0.4) is 0 Å². The highest BCUT2D eigenvalue weighted by atomic mass is 16.7. The topological polar surface area (TPSA) is 31.4 Å². The van der Waals surface area contributed by atoms with Gasteiger partial charge in [0.15, 0.2) is 11.5 Å². The Kier molecular flexibility index (Phi) is 2.01. The van der Waals surface area contributed by atoms with Gasteiger partial charge < -0.3 is 9.47 Å². The lowest BCUT2D eigenvalue weighted by molar-refractivity contribution is 0.174. The molecule has 0 aliphatic carbocycles. The van der Waals surface area contributed by atoms with Gasteiger partial charge in [0.05, 0.1) is 5.52 Å². The Labute approximate surface area is 110 Å². The smallest absolute Gasteiger partial charge is 0.231 e. The second-order valence-corrected chi connectivity index (χ2v) is 5.03. The first kappa shape index (κ1) is 10.6. The predicted octanol–water partition coefficient (Wildman–Crippen LogP) is 3.73. The Bertz CT molecular complexity index is 824. The monoisotopic (exact) mass is 251 g/mol. The van der Waals surface area contributed by atoms with Gasteiger partial charge in [0.1, 0.15) is 0 Å². The van der Waals surface area contributed by atoms with Crippen molar-refractivity contribution in [3.63, 3.8) is 0 Å². The van der Waals surface area contributed by atoms with Crippen LogP contribution in [0.5, 0.6) is 11.5 Å². The molecule has 3 nitrogen and oxygen atoms in total. The molecule has 0 bridgehead atoms. The van der Waals surface area contributed by atoms with Gasteiger partial charge in [-0.25, -0.2) is 0 Å². The molecule has 1 aromatic heterocycles. The fourth-order valence-electron chi connectivity index (χ4n) is 2.77. The average molecular weight is 251 g/mol. The van der Waals surface area contributed by atoms with E-state index in [1.807, 2.05) is 12.3 Å². The highest BCUT2D eigenvalue weighted by molar-refractivity contribution is 6.07. The van der Waals surface area contributed by atoms with Gasteiger partial charge in [0.25, 0.3) is 0 Å². The number of fused-ring (bicyclic) bond motifs is 4. The van der Waals surface area contributed by atoms with E-state index in [0.29, 0.717) is 6.79 Å². The number of ether oxygens (including phenoxy) is 2. The molecular weight excluding hydrogens is 238 g/mol.